The van der Waals surface area contributed by atoms with Crippen LogP contribution in [0, 0.1) is 0 Å². The van der Waals surface area contributed by atoms with Crippen molar-refractivity contribution in [3.63, 3.8) is 0 Å². The SMILES string of the molecule is NC=O.Oc1ccc(CSc2n[nH]c(-c3cccnc3)n2)cc1. The van der Waals surface area contributed by atoms with Gasteiger partial charge in [0, 0.05) is 23.7 Å². The van der Waals surface area contributed by atoms with Crippen molar-refractivity contribution < 1.29 is 9.90 Å². The van der Waals surface area contributed by atoms with Gasteiger partial charge in [0.15, 0.2) is 5.82 Å². The number of carbonyl (C=O) groups is 1. The number of H-pyrrole nitrogens is 1. The summed E-state index contributed by atoms with van der Waals surface area (Å²) >= 11 is 1.54. The van der Waals surface area contributed by atoms with E-state index in [1.165, 1.54) is 11.8 Å². The molecule has 1 aromatic carbocycles. The molecule has 3 aromatic rings. The number of hydrogen-bond acceptors (Lipinski definition) is 6. The predicted molar refractivity (Wildman–Crippen MR) is 87.5 cm³/mol. The second-order valence-electron chi connectivity index (χ2n) is 4.30. The van der Waals surface area contributed by atoms with Gasteiger partial charge >= 0.3 is 0 Å². The number of phenols is 1. The Morgan fingerprint density at radius 1 is 1.26 bits per heavy atom. The summed E-state index contributed by atoms with van der Waals surface area (Å²) in [7, 11) is 0. The number of carbonyl (C=O) groups excluding carboxylic acids is 1. The molecule has 8 heteroatoms. The number of nitrogens with two attached hydrogens (primary N) is 1. The summed E-state index contributed by atoms with van der Waals surface area (Å²) in [5.74, 6) is 1.74. The smallest absolute Gasteiger partial charge is 0.209 e. The molecule has 23 heavy (non-hydrogen) atoms. The molecule has 0 saturated heterocycles. The third-order valence-electron chi connectivity index (χ3n) is 2.70. The van der Waals surface area contributed by atoms with Crippen molar-refractivity contribution >= 4 is 18.2 Å². The maximum Gasteiger partial charge on any atom is 0.209 e. The molecule has 0 unspecified atom stereocenters. The Morgan fingerprint density at radius 2 is 2.00 bits per heavy atom. The molecule has 118 valence electrons. The molecule has 2 aromatic heterocycles. The molecule has 0 fully saturated rings. The maximum absolute atomic E-state index is 9.23. The summed E-state index contributed by atoms with van der Waals surface area (Å²) in [5, 5.41) is 17.0. The maximum atomic E-state index is 9.23. The molecule has 0 atom stereocenters. The first kappa shape index (κ1) is 16.5. The Kier molecular flexibility index (Phi) is 6.13. The summed E-state index contributed by atoms with van der Waals surface area (Å²) in [6.07, 6.45) is 3.72. The molecular weight excluding hydrogens is 314 g/mol. The van der Waals surface area contributed by atoms with Crippen molar-refractivity contribution in [3.8, 4) is 17.1 Å². The van der Waals surface area contributed by atoms with E-state index in [9.17, 15) is 5.11 Å². The standard InChI is InChI=1S/C14H12N4OS.CH3NO/c19-12-5-3-10(4-6-12)9-20-14-16-13(17-18-14)11-2-1-7-15-8-11;2-1-3/h1-8,19H,9H2,(H,16,17,18);1H,(H2,2,3). The van der Waals surface area contributed by atoms with E-state index in [-0.39, 0.29) is 12.2 Å². The molecule has 0 aliphatic rings. The summed E-state index contributed by atoms with van der Waals surface area (Å²) in [4.78, 5) is 17.1. The number of aromatic nitrogens is 4. The van der Waals surface area contributed by atoms with E-state index in [1.54, 1.807) is 24.5 Å². The Labute approximate surface area is 137 Å². The molecule has 0 bridgehead atoms. The largest absolute Gasteiger partial charge is 0.508 e. The highest BCUT2D eigenvalue weighted by Gasteiger charge is 2.06. The van der Waals surface area contributed by atoms with Gasteiger partial charge in [-0.3, -0.25) is 14.9 Å². The normalized spacial score (nSPS) is 9.74. The number of phenolic OH excluding ortho intramolecular Hbond substituents is 1. The predicted octanol–water partition coefficient (Wildman–Crippen LogP) is 1.97. The Morgan fingerprint density at radius 3 is 2.65 bits per heavy atom. The zero-order chi connectivity index (χ0) is 16.5. The highest BCUT2D eigenvalue weighted by Crippen LogP contribution is 2.22. The number of aromatic amines is 1. The second kappa shape index (κ2) is 8.54. The quantitative estimate of drug-likeness (QED) is 0.497. The van der Waals surface area contributed by atoms with Crippen LogP contribution in [-0.4, -0.2) is 31.7 Å². The van der Waals surface area contributed by atoms with Gasteiger partial charge in [-0.05, 0) is 29.8 Å². The van der Waals surface area contributed by atoms with Crippen molar-refractivity contribution in [2.75, 3.05) is 0 Å². The van der Waals surface area contributed by atoms with Crippen molar-refractivity contribution in [2.24, 2.45) is 5.73 Å². The zero-order valence-electron chi connectivity index (χ0n) is 12.1. The molecule has 0 aliphatic heterocycles. The summed E-state index contributed by atoms with van der Waals surface area (Å²) in [6.45, 7) is 0. The van der Waals surface area contributed by atoms with E-state index < -0.39 is 0 Å². The Bertz CT molecular complexity index is 731. The molecule has 0 aliphatic carbocycles. The number of aromatic hydroxyl groups is 1. The van der Waals surface area contributed by atoms with Crippen LogP contribution in [0.4, 0.5) is 0 Å². The fourth-order valence-electron chi connectivity index (χ4n) is 1.68. The van der Waals surface area contributed by atoms with Crippen LogP contribution in [0.2, 0.25) is 0 Å². The van der Waals surface area contributed by atoms with Crippen LogP contribution < -0.4 is 5.73 Å². The number of benzene rings is 1. The van der Waals surface area contributed by atoms with E-state index in [2.05, 4.69) is 25.9 Å². The minimum absolute atomic E-state index is 0.250. The van der Waals surface area contributed by atoms with E-state index in [1.807, 2.05) is 24.3 Å². The number of primary amides is 1. The van der Waals surface area contributed by atoms with Crippen molar-refractivity contribution in [1.82, 2.24) is 20.2 Å². The topological polar surface area (TPSA) is 118 Å². The molecular formula is C15H15N5O2S. The lowest BCUT2D eigenvalue weighted by molar-refractivity contribution is -0.106. The van der Waals surface area contributed by atoms with Crippen LogP contribution in [-0.2, 0) is 10.5 Å². The molecule has 2 heterocycles. The molecule has 3 rings (SSSR count). The fourth-order valence-corrected chi connectivity index (χ4v) is 2.44. The number of rotatable bonds is 4. The highest BCUT2D eigenvalue weighted by atomic mass is 32.2. The average molecular weight is 329 g/mol. The van der Waals surface area contributed by atoms with Gasteiger partial charge in [0.25, 0.3) is 0 Å². The Balaban J connectivity index is 0.000000595. The fraction of sp³-hybridized carbons (Fsp3) is 0.0667. The third kappa shape index (κ3) is 5.11. The molecule has 0 saturated carbocycles. The van der Waals surface area contributed by atoms with Gasteiger partial charge < -0.3 is 10.8 Å². The lowest BCUT2D eigenvalue weighted by atomic mass is 10.2. The van der Waals surface area contributed by atoms with Gasteiger partial charge in [-0.25, -0.2) is 4.98 Å². The second-order valence-corrected chi connectivity index (χ2v) is 5.24. The van der Waals surface area contributed by atoms with Gasteiger partial charge in [-0.15, -0.1) is 5.10 Å². The van der Waals surface area contributed by atoms with Crippen LogP contribution in [0.3, 0.4) is 0 Å². The van der Waals surface area contributed by atoms with Crippen LogP contribution in [0.5, 0.6) is 5.75 Å². The number of pyridine rings is 1. The van der Waals surface area contributed by atoms with E-state index in [0.29, 0.717) is 11.0 Å². The molecule has 0 spiro atoms. The first-order valence-corrected chi connectivity index (χ1v) is 7.60. The molecule has 4 N–H and O–H groups in total. The van der Waals surface area contributed by atoms with Gasteiger partial charge in [0.1, 0.15) is 5.75 Å². The van der Waals surface area contributed by atoms with Crippen LogP contribution in [0.15, 0.2) is 53.9 Å². The summed E-state index contributed by atoms with van der Waals surface area (Å²) in [6, 6.07) is 10.9. The van der Waals surface area contributed by atoms with E-state index in [4.69, 9.17) is 4.79 Å². The van der Waals surface area contributed by atoms with E-state index in [0.717, 1.165) is 16.9 Å². The van der Waals surface area contributed by atoms with Crippen LogP contribution in [0.25, 0.3) is 11.4 Å². The number of hydrogen-bond donors (Lipinski definition) is 3. The number of nitrogens with zero attached hydrogens (tertiary/aromatic N) is 3. The zero-order valence-corrected chi connectivity index (χ0v) is 12.9. The van der Waals surface area contributed by atoms with Gasteiger partial charge in [-0.1, -0.05) is 23.9 Å². The molecule has 1 amide bonds. The molecule has 0 radical (unpaired) electrons. The summed E-state index contributed by atoms with van der Waals surface area (Å²) in [5.41, 5.74) is 6.19. The lowest BCUT2D eigenvalue weighted by Crippen LogP contribution is -1.82. The monoisotopic (exact) mass is 329 g/mol. The van der Waals surface area contributed by atoms with E-state index >= 15 is 0 Å². The molecule has 7 nitrogen and oxygen atoms in total. The number of nitrogens with one attached hydrogen (secondary N) is 1. The van der Waals surface area contributed by atoms with Crippen molar-refractivity contribution in [1.29, 1.82) is 0 Å². The third-order valence-corrected chi connectivity index (χ3v) is 3.62. The van der Waals surface area contributed by atoms with Crippen molar-refractivity contribution in [3.05, 3.63) is 54.4 Å². The average Bonchev–Trinajstić information content (AvgIpc) is 3.05. The van der Waals surface area contributed by atoms with Gasteiger partial charge in [0.2, 0.25) is 11.6 Å². The van der Waals surface area contributed by atoms with Crippen molar-refractivity contribution in [2.45, 2.75) is 10.9 Å². The lowest BCUT2D eigenvalue weighted by Gasteiger charge is -1.98. The number of thioether (sulfide) groups is 1. The minimum atomic E-state index is 0.250. The van der Waals surface area contributed by atoms with Gasteiger partial charge in [-0.2, -0.15) is 0 Å². The van der Waals surface area contributed by atoms with Crippen LogP contribution in [0.1, 0.15) is 5.56 Å². The first-order valence-electron chi connectivity index (χ1n) is 6.62. The first-order chi connectivity index (χ1) is 11.2. The highest BCUT2D eigenvalue weighted by molar-refractivity contribution is 7.98. The van der Waals surface area contributed by atoms with Crippen LogP contribution >= 0.6 is 11.8 Å². The number of amides is 1. The Hall–Kier alpha value is -2.87. The summed E-state index contributed by atoms with van der Waals surface area (Å²) < 4.78 is 0. The van der Waals surface area contributed by atoms with Gasteiger partial charge in [0.05, 0.1) is 0 Å². The minimum Gasteiger partial charge on any atom is -0.508 e.